The average Bonchev–Trinajstić information content (AvgIpc) is 3.23. The molecule has 4 N–H and O–H groups in total. The summed E-state index contributed by atoms with van der Waals surface area (Å²) in [6.07, 6.45) is 6.26. The van der Waals surface area contributed by atoms with Gasteiger partial charge in [-0.2, -0.15) is 0 Å². The van der Waals surface area contributed by atoms with Crippen LogP contribution in [0.25, 0.3) is 0 Å². The van der Waals surface area contributed by atoms with E-state index in [1.807, 2.05) is 6.92 Å². The zero-order valence-corrected chi connectivity index (χ0v) is 33.0. The molecular weight excluding hydrogens is 745 g/mol. The minimum atomic E-state index is -0.760. The molecule has 0 aliphatic carbocycles. The summed E-state index contributed by atoms with van der Waals surface area (Å²) in [4.78, 5) is 92.1. The normalized spacial score (nSPS) is 10.5. The summed E-state index contributed by atoms with van der Waals surface area (Å²) >= 11 is 0. The van der Waals surface area contributed by atoms with Gasteiger partial charge >= 0.3 is 17.9 Å². The van der Waals surface area contributed by atoms with Crippen LogP contribution in [0.4, 0.5) is 22.7 Å². The summed E-state index contributed by atoms with van der Waals surface area (Å²) in [6.45, 7) is 4.32. The van der Waals surface area contributed by atoms with Crippen molar-refractivity contribution in [2.24, 2.45) is 0 Å². The molecular formula is C44H48N4O10. The maximum atomic E-state index is 14.0. The van der Waals surface area contributed by atoms with Crippen molar-refractivity contribution in [1.82, 2.24) is 0 Å². The Morgan fingerprint density at radius 2 is 0.914 bits per heavy atom. The quantitative estimate of drug-likeness (QED) is 0.0408. The fraction of sp³-hybridized carbons (Fsp3) is 0.295. The summed E-state index contributed by atoms with van der Waals surface area (Å²) in [5, 5.41) is 10.8. The first-order valence-electron chi connectivity index (χ1n) is 19.0. The van der Waals surface area contributed by atoms with E-state index in [0.717, 1.165) is 32.1 Å². The lowest BCUT2D eigenvalue weighted by Crippen LogP contribution is -2.22. The number of nitrogens with one attached hydrogen (secondary N) is 4. The number of para-hydroxylation sites is 2. The Labute approximate surface area is 337 Å². The van der Waals surface area contributed by atoms with Gasteiger partial charge in [-0.1, -0.05) is 70.2 Å². The highest BCUT2D eigenvalue weighted by atomic mass is 16.5. The Morgan fingerprint density at radius 3 is 1.45 bits per heavy atom. The van der Waals surface area contributed by atoms with Gasteiger partial charge in [0.1, 0.15) is 0 Å². The summed E-state index contributed by atoms with van der Waals surface area (Å²) in [7, 11) is 2.40. The molecule has 0 bridgehead atoms. The molecule has 0 spiro atoms. The van der Waals surface area contributed by atoms with Crippen molar-refractivity contribution in [3.8, 4) is 0 Å². The van der Waals surface area contributed by atoms with Crippen LogP contribution in [0.5, 0.6) is 0 Å². The minimum absolute atomic E-state index is 0.0112. The number of unbranched alkanes of at least 4 members (excludes halogenated alkanes) is 5. The van der Waals surface area contributed by atoms with Gasteiger partial charge in [0.25, 0.3) is 17.7 Å². The molecule has 0 aliphatic heterocycles. The van der Waals surface area contributed by atoms with Gasteiger partial charge in [0.15, 0.2) is 0 Å². The van der Waals surface area contributed by atoms with E-state index in [4.69, 9.17) is 14.2 Å². The second kappa shape index (κ2) is 22.0. The van der Waals surface area contributed by atoms with Gasteiger partial charge in [-0.15, -0.1) is 0 Å². The van der Waals surface area contributed by atoms with Gasteiger partial charge in [-0.25, -0.2) is 14.4 Å². The van der Waals surface area contributed by atoms with Crippen LogP contribution in [0, 0.1) is 0 Å². The molecule has 0 heterocycles. The number of esters is 3. The first kappa shape index (κ1) is 43.9. The van der Waals surface area contributed by atoms with Crippen LogP contribution in [0.15, 0.2) is 84.9 Å². The van der Waals surface area contributed by atoms with Gasteiger partial charge in [-0.05, 0) is 73.5 Å². The minimum Gasteiger partial charge on any atom is -0.465 e. The molecule has 4 aromatic rings. The number of hydrogen-bond acceptors (Lipinski definition) is 10. The largest absolute Gasteiger partial charge is 0.465 e. The smallest absolute Gasteiger partial charge is 0.340 e. The van der Waals surface area contributed by atoms with Gasteiger partial charge in [0, 0.05) is 6.42 Å². The van der Waals surface area contributed by atoms with E-state index in [-0.39, 0.29) is 75.1 Å². The second-order valence-electron chi connectivity index (χ2n) is 13.2. The van der Waals surface area contributed by atoms with Crippen molar-refractivity contribution in [2.75, 3.05) is 42.1 Å². The monoisotopic (exact) mass is 792 g/mol. The number of carbonyl (C=O) groups is 7. The Morgan fingerprint density at radius 1 is 0.466 bits per heavy atom. The number of carbonyl (C=O) groups excluding carboxylic acids is 7. The third kappa shape index (κ3) is 12.1. The van der Waals surface area contributed by atoms with Gasteiger partial charge in [-0.3, -0.25) is 19.2 Å². The number of amides is 4. The predicted octanol–water partition coefficient (Wildman–Crippen LogP) is 8.27. The molecule has 304 valence electrons. The Hall–Kier alpha value is -6.83. The van der Waals surface area contributed by atoms with E-state index in [2.05, 4.69) is 28.2 Å². The number of rotatable bonds is 19. The Kier molecular flexibility index (Phi) is 16.7. The SMILES string of the molecule is CCCCCCOC(=O)c1ccccc1NC(=O)c1ccc(C(=O)OC)cc1NC(=O)c1ccccc1NC(=O)c1ccc(C(=O)OC)cc1NC(=O)CCCCC. The molecule has 0 unspecified atom stereocenters. The predicted molar refractivity (Wildman–Crippen MR) is 220 cm³/mol. The van der Waals surface area contributed by atoms with Crippen LogP contribution in [0.1, 0.15) is 127 Å². The van der Waals surface area contributed by atoms with Gasteiger partial charge < -0.3 is 35.5 Å². The molecule has 4 aromatic carbocycles. The fourth-order valence-electron chi connectivity index (χ4n) is 5.83. The van der Waals surface area contributed by atoms with Crippen molar-refractivity contribution in [1.29, 1.82) is 0 Å². The molecule has 0 aliphatic rings. The Balaban J connectivity index is 1.61. The maximum absolute atomic E-state index is 14.0. The van der Waals surface area contributed by atoms with Crippen LogP contribution in [0.2, 0.25) is 0 Å². The van der Waals surface area contributed by atoms with E-state index >= 15 is 0 Å². The third-order valence-electron chi connectivity index (χ3n) is 8.95. The molecule has 14 heteroatoms. The van der Waals surface area contributed by atoms with Gasteiger partial charge in [0.2, 0.25) is 5.91 Å². The van der Waals surface area contributed by atoms with E-state index < -0.39 is 35.6 Å². The lowest BCUT2D eigenvalue weighted by atomic mass is 10.1. The van der Waals surface area contributed by atoms with Crippen LogP contribution in [-0.4, -0.2) is 62.4 Å². The fourth-order valence-corrected chi connectivity index (χ4v) is 5.83. The number of methoxy groups -OCH3 is 2. The highest BCUT2D eigenvalue weighted by Crippen LogP contribution is 2.26. The number of benzene rings is 4. The zero-order chi connectivity index (χ0) is 42.0. The van der Waals surface area contributed by atoms with E-state index in [9.17, 15) is 33.6 Å². The van der Waals surface area contributed by atoms with E-state index in [0.29, 0.717) is 12.8 Å². The Bertz CT molecular complexity index is 2150. The molecule has 4 rings (SSSR count). The first-order valence-corrected chi connectivity index (χ1v) is 19.0. The maximum Gasteiger partial charge on any atom is 0.340 e. The molecule has 4 amide bonds. The van der Waals surface area contributed by atoms with Gasteiger partial charge in [0.05, 0.1) is 77.0 Å². The van der Waals surface area contributed by atoms with Crippen molar-refractivity contribution < 1.29 is 47.8 Å². The summed E-state index contributed by atoms with van der Waals surface area (Å²) in [6, 6.07) is 20.5. The lowest BCUT2D eigenvalue weighted by Gasteiger charge is -2.16. The third-order valence-corrected chi connectivity index (χ3v) is 8.95. The molecule has 0 saturated heterocycles. The topological polar surface area (TPSA) is 195 Å². The molecule has 0 radical (unpaired) electrons. The van der Waals surface area contributed by atoms with Crippen molar-refractivity contribution in [3.05, 3.63) is 118 Å². The first-order chi connectivity index (χ1) is 28.0. The molecule has 58 heavy (non-hydrogen) atoms. The molecule has 14 nitrogen and oxygen atoms in total. The van der Waals surface area contributed by atoms with Crippen LogP contribution in [-0.2, 0) is 19.0 Å². The number of anilines is 4. The molecule has 0 atom stereocenters. The van der Waals surface area contributed by atoms with Crippen LogP contribution < -0.4 is 21.3 Å². The molecule has 0 saturated carbocycles. The van der Waals surface area contributed by atoms with Crippen molar-refractivity contribution in [3.63, 3.8) is 0 Å². The number of ether oxygens (including phenoxy) is 3. The summed E-state index contributed by atoms with van der Waals surface area (Å²) < 4.78 is 15.1. The highest BCUT2D eigenvalue weighted by molar-refractivity contribution is 6.18. The summed E-state index contributed by atoms with van der Waals surface area (Å²) in [5.74, 6) is -4.53. The lowest BCUT2D eigenvalue weighted by molar-refractivity contribution is -0.116. The van der Waals surface area contributed by atoms with E-state index in [1.54, 1.807) is 24.3 Å². The van der Waals surface area contributed by atoms with E-state index in [1.165, 1.54) is 74.9 Å². The molecule has 0 aromatic heterocycles. The van der Waals surface area contributed by atoms with Crippen molar-refractivity contribution >= 4 is 64.3 Å². The van der Waals surface area contributed by atoms with Crippen LogP contribution in [0.3, 0.4) is 0 Å². The number of hydrogen-bond donors (Lipinski definition) is 4. The standard InChI is InChI=1S/C44H48N4O10/c1-5-7-9-15-25-58-44(55)33-17-12-14-19-35(33)47-41(52)32-24-22-29(43(54)57-4)27-37(32)48-39(50)30-16-11-13-18-34(30)46-40(51)31-23-21-28(42(53)56-3)26-36(31)45-38(49)20-10-8-6-2/h11-14,16-19,21-24,26-27H,5-10,15,20,25H2,1-4H3,(H,45,49)(H,46,51)(H,47,52)(H,48,50). The molecule has 0 fully saturated rings. The van der Waals surface area contributed by atoms with Crippen LogP contribution >= 0.6 is 0 Å². The summed E-state index contributed by atoms with van der Waals surface area (Å²) in [5.41, 5.74) is 0.438. The highest BCUT2D eigenvalue weighted by Gasteiger charge is 2.23. The zero-order valence-electron chi connectivity index (χ0n) is 33.0. The van der Waals surface area contributed by atoms with Crippen molar-refractivity contribution in [2.45, 2.75) is 65.2 Å². The second-order valence-corrected chi connectivity index (χ2v) is 13.2. The average molecular weight is 793 g/mol.